The number of fused-ring (bicyclic) bond motifs is 1. The Bertz CT molecular complexity index is 1820. The Labute approximate surface area is 249 Å². The maximum absolute atomic E-state index is 13.1. The van der Waals surface area contributed by atoms with Crippen LogP contribution in [0.3, 0.4) is 0 Å². The Morgan fingerprint density at radius 2 is 1.93 bits per heavy atom. The van der Waals surface area contributed by atoms with Crippen molar-refractivity contribution in [1.82, 2.24) is 24.5 Å². The van der Waals surface area contributed by atoms with Crippen LogP contribution in [0.1, 0.15) is 47.0 Å². The van der Waals surface area contributed by atoms with Crippen molar-refractivity contribution in [2.75, 3.05) is 17.2 Å². The third-order valence-electron chi connectivity index (χ3n) is 7.17. The largest absolute Gasteiger partial charge is 0.417 e. The topological polar surface area (TPSA) is 107 Å². The van der Waals surface area contributed by atoms with Crippen molar-refractivity contribution in [2.24, 2.45) is 0 Å². The van der Waals surface area contributed by atoms with Gasteiger partial charge in [-0.25, -0.2) is 19.9 Å². The van der Waals surface area contributed by atoms with Gasteiger partial charge >= 0.3 is 6.18 Å². The first-order chi connectivity index (χ1) is 20.7. The van der Waals surface area contributed by atoms with Crippen molar-refractivity contribution in [3.8, 4) is 11.3 Å². The molecule has 1 aliphatic heterocycles. The summed E-state index contributed by atoms with van der Waals surface area (Å²) in [7, 11) is 0. The first-order valence-corrected chi connectivity index (χ1v) is 13.9. The van der Waals surface area contributed by atoms with Crippen molar-refractivity contribution in [3.63, 3.8) is 0 Å². The number of nitrogens with zero attached hydrogens (tertiary/aromatic N) is 5. The molecule has 0 spiro atoms. The Morgan fingerprint density at radius 1 is 1.07 bits per heavy atom. The number of aryl methyl sites for hydroxylation is 1. The minimum atomic E-state index is -4.62. The predicted molar refractivity (Wildman–Crippen MR) is 156 cm³/mol. The highest BCUT2D eigenvalue weighted by atomic mass is 35.5. The number of rotatable bonds is 6. The van der Waals surface area contributed by atoms with E-state index in [0.29, 0.717) is 46.2 Å². The molecule has 2 N–H and O–H groups in total. The number of halogens is 4. The van der Waals surface area contributed by atoms with E-state index in [2.05, 4.69) is 30.6 Å². The quantitative estimate of drug-likeness (QED) is 0.205. The summed E-state index contributed by atoms with van der Waals surface area (Å²) in [6, 6.07) is 11.8. The minimum Gasteiger partial charge on any atom is -0.358 e. The Morgan fingerprint density at radius 3 is 2.70 bits per heavy atom. The number of hydrogen-bond acceptors (Lipinski definition) is 7. The van der Waals surface area contributed by atoms with E-state index in [1.165, 1.54) is 6.33 Å². The molecule has 0 aliphatic carbocycles. The van der Waals surface area contributed by atoms with E-state index in [1.807, 2.05) is 17.6 Å². The number of anilines is 3. The van der Waals surface area contributed by atoms with Gasteiger partial charge in [0.2, 0.25) is 0 Å². The molecule has 3 aromatic heterocycles. The number of pyridine rings is 1. The normalized spacial score (nSPS) is 15.4. The van der Waals surface area contributed by atoms with Crippen molar-refractivity contribution in [1.29, 1.82) is 0 Å². The maximum Gasteiger partial charge on any atom is 0.417 e. The van der Waals surface area contributed by atoms with Crippen LogP contribution in [0.15, 0.2) is 67.4 Å². The van der Waals surface area contributed by atoms with Crippen LogP contribution in [0.2, 0.25) is 5.02 Å². The Hall–Kier alpha value is -4.55. The molecule has 1 aliphatic rings. The van der Waals surface area contributed by atoms with Crippen LogP contribution >= 0.6 is 11.6 Å². The summed E-state index contributed by atoms with van der Waals surface area (Å²) >= 11 is 5.80. The third-order valence-corrected chi connectivity index (χ3v) is 7.49. The molecule has 1 atom stereocenters. The first-order valence-electron chi connectivity index (χ1n) is 13.5. The zero-order chi connectivity index (χ0) is 30.1. The molecule has 2 aromatic carbocycles. The smallest absolute Gasteiger partial charge is 0.358 e. The molecule has 4 heterocycles. The number of alkyl halides is 3. The number of aromatic nitrogens is 5. The number of ether oxygens (including phenoxy) is 1. The highest BCUT2D eigenvalue weighted by molar-refractivity contribution is 6.32. The SMILES string of the molecule is Cc1ccc(NC(=O)c2ccc(C(F)(F)F)c(Cl)c2)cc1Nc1ncccc1-c1ncnc2c1ncn2C1CCCCO1. The molecule has 1 unspecified atom stereocenters. The van der Waals surface area contributed by atoms with Crippen LogP contribution in [0.25, 0.3) is 22.4 Å². The van der Waals surface area contributed by atoms with Crippen LogP contribution in [0, 0.1) is 6.92 Å². The second-order valence-electron chi connectivity index (χ2n) is 10.1. The number of carbonyl (C=O) groups excluding carboxylic acids is 1. The van der Waals surface area contributed by atoms with Gasteiger partial charge in [-0.15, -0.1) is 0 Å². The molecule has 0 saturated carbocycles. The fraction of sp³-hybridized carbons (Fsp3) is 0.233. The lowest BCUT2D eigenvalue weighted by atomic mass is 10.1. The maximum atomic E-state index is 13.1. The summed E-state index contributed by atoms with van der Waals surface area (Å²) in [6.45, 7) is 2.58. The highest BCUT2D eigenvalue weighted by Gasteiger charge is 2.33. The van der Waals surface area contributed by atoms with Crippen LogP contribution in [0.4, 0.5) is 30.4 Å². The van der Waals surface area contributed by atoms with Gasteiger partial charge in [0, 0.05) is 35.3 Å². The molecule has 1 amide bonds. The average Bonchev–Trinajstić information content (AvgIpc) is 3.43. The van der Waals surface area contributed by atoms with Crippen molar-refractivity contribution in [2.45, 2.75) is 38.6 Å². The van der Waals surface area contributed by atoms with E-state index in [4.69, 9.17) is 16.3 Å². The molecule has 0 radical (unpaired) electrons. The monoisotopic (exact) mass is 607 g/mol. The van der Waals surface area contributed by atoms with Crippen molar-refractivity contribution in [3.05, 3.63) is 89.1 Å². The van der Waals surface area contributed by atoms with Gasteiger partial charge < -0.3 is 15.4 Å². The van der Waals surface area contributed by atoms with Gasteiger partial charge in [0.25, 0.3) is 5.91 Å². The third kappa shape index (κ3) is 5.88. The number of benzene rings is 2. The molecule has 43 heavy (non-hydrogen) atoms. The Kier molecular flexibility index (Phi) is 7.72. The van der Waals surface area contributed by atoms with Gasteiger partial charge in [-0.1, -0.05) is 17.7 Å². The van der Waals surface area contributed by atoms with Gasteiger partial charge in [-0.2, -0.15) is 13.2 Å². The molecule has 0 bridgehead atoms. The van der Waals surface area contributed by atoms with E-state index < -0.39 is 22.7 Å². The van der Waals surface area contributed by atoms with Gasteiger partial charge in [0.15, 0.2) is 5.65 Å². The second-order valence-corrected chi connectivity index (χ2v) is 10.5. The molecular formula is C30H25ClF3N7O2. The van der Waals surface area contributed by atoms with E-state index in [9.17, 15) is 18.0 Å². The molecule has 9 nitrogen and oxygen atoms in total. The summed E-state index contributed by atoms with van der Waals surface area (Å²) < 4.78 is 47.1. The van der Waals surface area contributed by atoms with Crippen LogP contribution in [-0.2, 0) is 10.9 Å². The van der Waals surface area contributed by atoms with E-state index >= 15 is 0 Å². The summed E-state index contributed by atoms with van der Waals surface area (Å²) in [5.74, 6) is -0.100. The molecular weight excluding hydrogens is 583 g/mol. The van der Waals surface area contributed by atoms with Gasteiger partial charge in [0.05, 0.1) is 16.9 Å². The number of hydrogen-bond donors (Lipinski definition) is 2. The molecule has 5 aromatic rings. The predicted octanol–water partition coefficient (Wildman–Crippen LogP) is 7.56. The van der Waals surface area contributed by atoms with Crippen LogP contribution in [-0.4, -0.2) is 37.0 Å². The highest BCUT2D eigenvalue weighted by Crippen LogP contribution is 2.36. The van der Waals surface area contributed by atoms with Crippen molar-refractivity contribution >= 4 is 45.9 Å². The summed E-state index contributed by atoms with van der Waals surface area (Å²) in [5, 5.41) is 5.50. The van der Waals surface area contributed by atoms with Gasteiger partial charge in [-0.05, 0) is 74.2 Å². The molecule has 220 valence electrons. The minimum absolute atomic E-state index is 0.00839. The van der Waals surface area contributed by atoms with E-state index in [0.717, 1.165) is 43.0 Å². The van der Waals surface area contributed by atoms with E-state index in [-0.39, 0.29) is 11.8 Å². The first kappa shape index (κ1) is 28.6. The van der Waals surface area contributed by atoms with Crippen molar-refractivity contribution < 1.29 is 22.7 Å². The standard InChI is InChI=1S/C30H25ClF3N7O2/c1-17-7-9-19(39-29(42)18-8-10-21(22(31)13-18)30(32,33)34)14-23(17)40-27-20(5-4-11-35-27)25-26-28(37-15-36-25)41(16-38-26)24-6-2-3-12-43-24/h4-5,7-11,13-16,24H,2-3,6,12H2,1H3,(H,35,40)(H,39,42). The number of amides is 1. The molecule has 1 saturated heterocycles. The lowest BCUT2D eigenvalue weighted by Gasteiger charge is -2.23. The zero-order valence-corrected chi connectivity index (χ0v) is 23.6. The number of nitrogens with one attached hydrogen (secondary N) is 2. The zero-order valence-electron chi connectivity index (χ0n) is 22.8. The number of carbonyl (C=O) groups is 1. The van der Waals surface area contributed by atoms with Crippen LogP contribution in [0.5, 0.6) is 0 Å². The number of imidazole rings is 1. The summed E-state index contributed by atoms with van der Waals surface area (Å²) in [4.78, 5) is 31.0. The molecule has 1 fully saturated rings. The fourth-order valence-corrected chi connectivity index (χ4v) is 5.24. The fourth-order valence-electron chi connectivity index (χ4n) is 4.95. The summed E-state index contributed by atoms with van der Waals surface area (Å²) in [5.41, 5.74) is 3.47. The molecule has 13 heteroatoms. The second kappa shape index (κ2) is 11.6. The average molecular weight is 608 g/mol. The van der Waals surface area contributed by atoms with Gasteiger partial charge in [-0.3, -0.25) is 9.36 Å². The lowest BCUT2D eigenvalue weighted by Crippen LogP contribution is -2.17. The molecule has 6 rings (SSSR count). The summed E-state index contributed by atoms with van der Waals surface area (Å²) in [6.07, 6.45) is 3.09. The Balaban J connectivity index is 1.27. The van der Waals surface area contributed by atoms with Crippen LogP contribution < -0.4 is 10.6 Å². The van der Waals surface area contributed by atoms with E-state index in [1.54, 1.807) is 36.8 Å². The lowest BCUT2D eigenvalue weighted by molar-refractivity contribution is -0.137. The van der Waals surface area contributed by atoms with Gasteiger partial charge in [0.1, 0.15) is 29.6 Å².